The maximum absolute atomic E-state index is 12.7. The van der Waals surface area contributed by atoms with Gasteiger partial charge in [0, 0.05) is 5.69 Å². The zero-order valence-electron chi connectivity index (χ0n) is 10.2. The summed E-state index contributed by atoms with van der Waals surface area (Å²) in [5.41, 5.74) is 0.458. The number of rotatable bonds is 3. The Labute approximate surface area is 115 Å². The number of anilines is 1. The molecule has 0 fully saturated rings. The van der Waals surface area contributed by atoms with Gasteiger partial charge in [-0.3, -0.25) is 0 Å². The first-order valence-corrected chi connectivity index (χ1v) is 7.10. The highest BCUT2D eigenvalue weighted by atomic mass is 32.2. The van der Waals surface area contributed by atoms with Crippen LogP contribution in [-0.2, 0) is 10.0 Å². The summed E-state index contributed by atoms with van der Waals surface area (Å²) in [6.07, 6.45) is 0. The molecule has 2 amide bonds. The lowest BCUT2D eigenvalue weighted by atomic mass is 10.3. The number of para-hydroxylation sites is 1. The Morgan fingerprint density at radius 1 is 0.950 bits per heavy atom. The van der Waals surface area contributed by atoms with E-state index in [0.717, 1.165) is 24.3 Å². The highest BCUT2D eigenvalue weighted by Crippen LogP contribution is 2.10. The van der Waals surface area contributed by atoms with Gasteiger partial charge in [-0.1, -0.05) is 18.2 Å². The highest BCUT2D eigenvalue weighted by Gasteiger charge is 2.17. The van der Waals surface area contributed by atoms with E-state index in [4.69, 9.17) is 0 Å². The number of hydrogen-bond donors (Lipinski definition) is 2. The number of carbonyl (C=O) groups is 1. The molecule has 2 aromatic rings. The molecule has 0 aliphatic heterocycles. The second-order valence-electron chi connectivity index (χ2n) is 3.88. The third-order valence-electron chi connectivity index (χ3n) is 2.38. The van der Waals surface area contributed by atoms with Crippen molar-refractivity contribution in [3.63, 3.8) is 0 Å². The van der Waals surface area contributed by atoms with Crippen LogP contribution in [0.2, 0.25) is 0 Å². The average Bonchev–Trinajstić information content (AvgIpc) is 2.39. The number of hydrogen-bond acceptors (Lipinski definition) is 3. The number of sulfonamides is 1. The summed E-state index contributed by atoms with van der Waals surface area (Å²) in [7, 11) is -4.03. The van der Waals surface area contributed by atoms with E-state index in [1.807, 2.05) is 4.72 Å². The lowest BCUT2D eigenvalue weighted by molar-refractivity contribution is 0.256. The quantitative estimate of drug-likeness (QED) is 0.912. The molecule has 0 unspecified atom stereocenters. The first-order valence-electron chi connectivity index (χ1n) is 5.62. The SMILES string of the molecule is O=C(Nc1ccccc1)NS(=O)(=O)c1ccc(F)cc1. The standard InChI is InChI=1S/C13H11FN2O3S/c14-10-6-8-12(9-7-10)20(18,19)16-13(17)15-11-4-2-1-3-5-11/h1-9H,(H2,15,16,17). The van der Waals surface area contributed by atoms with Gasteiger partial charge in [-0.15, -0.1) is 0 Å². The van der Waals surface area contributed by atoms with Gasteiger partial charge in [-0.25, -0.2) is 22.3 Å². The summed E-state index contributed by atoms with van der Waals surface area (Å²) in [5.74, 6) is -0.558. The van der Waals surface area contributed by atoms with Gasteiger partial charge in [0.1, 0.15) is 5.82 Å². The van der Waals surface area contributed by atoms with Gasteiger partial charge in [-0.2, -0.15) is 0 Å². The molecule has 2 N–H and O–H groups in total. The van der Waals surface area contributed by atoms with Crippen LogP contribution in [0.1, 0.15) is 0 Å². The maximum Gasteiger partial charge on any atom is 0.333 e. The Kier molecular flexibility index (Phi) is 3.99. The molecule has 0 radical (unpaired) electrons. The largest absolute Gasteiger partial charge is 0.333 e. The van der Waals surface area contributed by atoms with E-state index in [1.54, 1.807) is 30.3 Å². The number of halogens is 1. The first kappa shape index (κ1) is 14.0. The van der Waals surface area contributed by atoms with Crippen molar-refractivity contribution in [3.8, 4) is 0 Å². The maximum atomic E-state index is 12.7. The van der Waals surface area contributed by atoms with Gasteiger partial charge in [0.2, 0.25) is 0 Å². The smallest absolute Gasteiger partial charge is 0.307 e. The molecule has 20 heavy (non-hydrogen) atoms. The summed E-state index contributed by atoms with van der Waals surface area (Å²) in [6.45, 7) is 0. The Morgan fingerprint density at radius 3 is 2.15 bits per heavy atom. The van der Waals surface area contributed by atoms with E-state index in [0.29, 0.717) is 5.69 Å². The first-order chi connectivity index (χ1) is 9.47. The number of amides is 2. The predicted molar refractivity (Wildman–Crippen MR) is 72.2 cm³/mol. The Balaban J connectivity index is 2.08. The van der Waals surface area contributed by atoms with E-state index >= 15 is 0 Å². The van der Waals surface area contributed by atoms with Crippen molar-refractivity contribution >= 4 is 21.7 Å². The van der Waals surface area contributed by atoms with Gasteiger partial charge in [0.25, 0.3) is 10.0 Å². The van der Waals surface area contributed by atoms with Crippen LogP contribution in [0.15, 0.2) is 59.5 Å². The molecule has 0 aliphatic carbocycles. The molecule has 2 aromatic carbocycles. The average molecular weight is 294 g/mol. The summed E-state index contributed by atoms with van der Waals surface area (Å²) in [5, 5.41) is 2.38. The van der Waals surface area contributed by atoms with Crippen molar-refractivity contribution in [2.75, 3.05) is 5.32 Å². The lowest BCUT2D eigenvalue weighted by Gasteiger charge is -2.08. The molecule has 0 atom stereocenters. The number of nitrogens with one attached hydrogen (secondary N) is 2. The van der Waals surface area contributed by atoms with Crippen LogP contribution < -0.4 is 10.0 Å². The molecule has 0 saturated carbocycles. The van der Waals surface area contributed by atoms with E-state index in [-0.39, 0.29) is 4.90 Å². The van der Waals surface area contributed by atoms with Crippen LogP contribution >= 0.6 is 0 Å². The zero-order valence-corrected chi connectivity index (χ0v) is 11.0. The van der Waals surface area contributed by atoms with Crippen LogP contribution in [0, 0.1) is 5.82 Å². The topological polar surface area (TPSA) is 75.3 Å². The van der Waals surface area contributed by atoms with Crippen molar-refractivity contribution in [1.29, 1.82) is 0 Å². The fourth-order valence-corrected chi connectivity index (χ4v) is 2.38. The lowest BCUT2D eigenvalue weighted by Crippen LogP contribution is -2.34. The van der Waals surface area contributed by atoms with Crippen molar-refractivity contribution < 1.29 is 17.6 Å². The van der Waals surface area contributed by atoms with Crippen LogP contribution in [0.3, 0.4) is 0 Å². The van der Waals surface area contributed by atoms with E-state index in [2.05, 4.69) is 5.32 Å². The van der Waals surface area contributed by atoms with Gasteiger partial charge >= 0.3 is 6.03 Å². The molecular weight excluding hydrogens is 283 g/mol. The third-order valence-corrected chi connectivity index (χ3v) is 3.73. The Bertz CT molecular complexity index is 700. The molecule has 0 saturated heterocycles. The number of urea groups is 1. The van der Waals surface area contributed by atoms with Gasteiger partial charge in [0.05, 0.1) is 4.90 Å². The molecule has 0 aliphatic rings. The van der Waals surface area contributed by atoms with Crippen molar-refractivity contribution in [2.24, 2.45) is 0 Å². The summed E-state index contributed by atoms with van der Waals surface area (Å²) < 4.78 is 38.3. The van der Waals surface area contributed by atoms with E-state index < -0.39 is 21.9 Å². The molecular formula is C13H11FN2O3S. The van der Waals surface area contributed by atoms with Crippen molar-refractivity contribution in [2.45, 2.75) is 4.90 Å². The van der Waals surface area contributed by atoms with Crippen LogP contribution in [0.4, 0.5) is 14.9 Å². The number of carbonyl (C=O) groups excluding carboxylic acids is 1. The van der Waals surface area contributed by atoms with Gasteiger partial charge < -0.3 is 5.32 Å². The van der Waals surface area contributed by atoms with Crippen LogP contribution in [-0.4, -0.2) is 14.4 Å². The molecule has 0 bridgehead atoms. The molecule has 0 spiro atoms. The van der Waals surface area contributed by atoms with Crippen molar-refractivity contribution in [1.82, 2.24) is 4.72 Å². The predicted octanol–water partition coefficient (Wildman–Crippen LogP) is 2.34. The van der Waals surface area contributed by atoms with E-state index in [9.17, 15) is 17.6 Å². The van der Waals surface area contributed by atoms with Gasteiger partial charge in [0.15, 0.2) is 0 Å². The normalized spacial score (nSPS) is 10.8. The van der Waals surface area contributed by atoms with Crippen LogP contribution in [0.25, 0.3) is 0 Å². The summed E-state index contributed by atoms with van der Waals surface area (Å²) >= 11 is 0. The second kappa shape index (κ2) is 5.70. The molecule has 7 heteroatoms. The monoisotopic (exact) mass is 294 g/mol. The molecule has 104 valence electrons. The molecule has 2 rings (SSSR count). The molecule has 0 aromatic heterocycles. The van der Waals surface area contributed by atoms with E-state index in [1.165, 1.54) is 0 Å². The minimum Gasteiger partial charge on any atom is -0.307 e. The Hall–Kier alpha value is -2.41. The van der Waals surface area contributed by atoms with Crippen molar-refractivity contribution in [3.05, 3.63) is 60.4 Å². The Morgan fingerprint density at radius 2 is 1.55 bits per heavy atom. The zero-order chi connectivity index (χ0) is 14.6. The third kappa shape index (κ3) is 3.55. The summed E-state index contributed by atoms with van der Waals surface area (Å²) in [6, 6.07) is 11.7. The van der Waals surface area contributed by atoms with Crippen LogP contribution in [0.5, 0.6) is 0 Å². The fourth-order valence-electron chi connectivity index (χ4n) is 1.47. The number of benzene rings is 2. The minimum absolute atomic E-state index is 0.192. The highest BCUT2D eigenvalue weighted by molar-refractivity contribution is 7.90. The molecule has 5 nitrogen and oxygen atoms in total. The second-order valence-corrected chi connectivity index (χ2v) is 5.56. The molecule has 0 heterocycles. The van der Waals surface area contributed by atoms with Gasteiger partial charge in [-0.05, 0) is 36.4 Å². The minimum atomic E-state index is -4.03. The fraction of sp³-hybridized carbons (Fsp3) is 0. The summed E-state index contributed by atoms with van der Waals surface area (Å²) in [4.78, 5) is 11.4.